The summed E-state index contributed by atoms with van der Waals surface area (Å²) in [5.41, 5.74) is 4.04. The van der Waals surface area contributed by atoms with E-state index < -0.39 is 5.82 Å². The molecule has 1 atom stereocenters. The average molecular weight is 273 g/mol. The lowest BCUT2D eigenvalue weighted by atomic mass is 10.0. The third kappa shape index (κ3) is 3.34. The summed E-state index contributed by atoms with van der Waals surface area (Å²) in [6.07, 6.45) is 4.14. The van der Waals surface area contributed by atoms with Crippen molar-refractivity contribution in [1.29, 1.82) is 0 Å². The first-order valence-electron chi connectivity index (χ1n) is 6.30. The predicted octanol–water partition coefficient (Wildman–Crippen LogP) is 3.04. The molecule has 3 nitrogen and oxygen atoms in total. The lowest BCUT2D eigenvalue weighted by molar-refractivity contribution is 0.145. The van der Waals surface area contributed by atoms with Gasteiger partial charge in [0.25, 0.3) is 0 Å². The van der Waals surface area contributed by atoms with Gasteiger partial charge in [-0.15, -0.1) is 0 Å². The number of hydrogen-bond donors (Lipinski definition) is 2. The van der Waals surface area contributed by atoms with Crippen molar-refractivity contribution in [3.63, 3.8) is 0 Å². The molecular formula is C13H18ClFN2O. The molecule has 1 fully saturated rings. The Kier molecular flexibility index (Phi) is 4.80. The van der Waals surface area contributed by atoms with E-state index in [9.17, 15) is 4.39 Å². The molecule has 2 N–H and O–H groups in total. The van der Waals surface area contributed by atoms with Crippen LogP contribution in [0.5, 0.6) is 0 Å². The molecule has 100 valence electrons. The van der Waals surface area contributed by atoms with E-state index in [-0.39, 0.29) is 11.6 Å². The molecule has 0 aliphatic carbocycles. The molecule has 1 saturated heterocycles. The summed E-state index contributed by atoms with van der Waals surface area (Å²) >= 11 is 5.76. The summed E-state index contributed by atoms with van der Waals surface area (Å²) in [4.78, 5) is 0. The van der Waals surface area contributed by atoms with E-state index in [1.54, 1.807) is 12.1 Å². The molecule has 1 aliphatic rings. The molecule has 1 aromatic carbocycles. The maximum atomic E-state index is 13.1. The average Bonchev–Trinajstić information content (AvgIpc) is 2.37. The SMILES string of the molecule is OCCC1CCCCN1Nc1ccc(F)c(Cl)c1. The van der Waals surface area contributed by atoms with Crippen LogP contribution in [0.15, 0.2) is 18.2 Å². The number of halogens is 2. The van der Waals surface area contributed by atoms with Crippen molar-refractivity contribution < 1.29 is 9.50 Å². The number of aliphatic hydroxyl groups is 1. The Bertz CT molecular complexity index is 401. The van der Waals surface area contributed by atoms with Crippen LogP contribution in [-0.2, 0) is 0 Å². The second kappa shape index (κ2) is 6.36. The van der Waals surface area contributed by atoms with Crippen LogP contribution in [0.4, 0.5) is 10.1 Å². The lowest BCUT2D eigenvalue weighted by Crippen LogP contribution is -2.43. The summed E-state index contributed by atoms with van der Waals surface area (Å²) in [5.74, 6) is -0.409. The number of hydrogen-bond acceptors (Lipinski definition) is 3. The first kappa shape index (κ1) is 13.6. The Labute approximate surface area is 112 Å². The van der Waals surface area contributed by atoms with Crippen molar-refractivity contribution in [3.8, 4) is 0 Å². The highest BCUT2D eigenvalue weighted by molar-refractivity contribution is 6.31. The van der Waals surface area contributed by atoms with E-state index in [0.29, 0.717) is 6.04 Å². The smallest absolute Gasteiger partial charge is 0.141 e. The Morgan fingerprint density at radius 2 is 2.28 bits per heavy atom. The van der Waals surface area contributed by atoms with E-state index in [0.717, 1.165) is 31.5 Å². The minimum Gasteiger partial charge on any atom is -0.396 e. The van der Waals surface area contributed by atoms with Gasteiger partial charge in [-0.3, -0.25) is 0 Å². The largest absolute Gasteiger partial charge is 0.396 e. The quantitative estimate of drug-likeness (QED) is 0.884. The maximum absolute atomic E-state index is 13.1. The molecule has 0 amide bonds. The van der Waals surface area contributed by atoms with Crippen LogP contribution in [0.25, 0.3) is 0 Å². The molecule has 18 heavy (non-hydrogen) atoms. The fourth-order valence-electron chi connectivity index (χ4n) is 2.33. The zero-order valence-corrected chi connectivity index (χ0v) is 11.0. The summed E-state index contributed by atoms with van der Waals surface area (Å²) < 4.78 is 13.1. The van der Waals surface area contributed by atoms with E-state index >= 15 is 0 Å². The highest BCUT2D eigenvalue weighted by atomic mass is 35.5. The second-order valence-corrected chi connectivity index (χ2v) is 5.00. The Morgan fingerprint density at radius 1 is 1.44 bits per heavy atom. The fraction of sp³-hybridized carbons (Fsp3) is 0.538. The van der Waals surface area contributed by atoms with Gasteiger partial charge in [-0.2, -0.15) is 0 Å². The van der Waals surface area contributed by atoms with Crippen molar-refractivity contribution >= 4 is 17.3 Å². The first-order valence-corrected chi connectivity index (χ1v) is 6.67. The maximum Gasteiger partial charge on any atom is 0.141 e. The monoisotopic (exact) mass is 272 g/mol. The molecule has 0 bridgehead atoms. The van der Waals surface area contributed by atoms with Crippen LogP contribution >= 0.6 is 11.6 Å². The predicted molar refractivity (Wildman–Crippen MR) is 71.1 cm³/mol. The number of nitrogens with zero attached hydrogens (tertiary/aromatic N) is 1. The molecule has 1 heterocycles. The Hall–Kier alpha value is -0.840. The zero-order valence-electron chi connectivity index (χ0n) is 10.2. The van der Waals surface area contributed by atoms with Crippen LogP contribution in [-0.4, -0.2) is 29.3 Å². The highest BCUT2D eigenvalue weighted by Crippen LogP contribution is 2.23. The van der Waals surface area contributed by atoms with Crippen molar-refractivity contribution in [1.82, 2.24) is 5.01 Å². The van der Waals surface area contributed by atoms with Gasteiger partial charge in [-0.25, -0.2) is 9.40 Å². The van der Waals surface area contributed by atoms with Gasteiger partial charge in [-0.1, -0.05) is 18.0 Å². The number of rotatable bonds is 4. The number of benzene rings is 1. The van der Waals surface area contributed by atoms with Gasteiger partial charge >= 0.3 is 0 Å². The van der Waals surface area contributed by atoms with E-state index in [1.165, 1.54) is 12.5 Å². The van der Waals surface area contributed by atoms with Gasteiger partial charge in [0.1, 0.15) is 5.82 Å². The Balaban J connectivity index is 2.03. The number of piperidine rings is 1. The Morgan fingerprint density at radius 3 is 3.00 bits per heavy atom. The van der Waals surface area contributed by atoms with E-state index in [4.69, 9.17) is 16.7 Å². The van der Waals surface area contributed by atoms with Gasteiger partial charge in [-0.05, 0) is 37.5 Å². The molecular weight excluding hydrogens is 255 g/mol. The minimum absolute atomic E-state index is 0.121. The minimum atomic E-state index is -0.409. The number of aliphatic hydroxyl groups excluding tert-OH is 1. The van der Waals surface area contributed by atoms with E-state index in [2.05, 4.69) is 10.4 Å². The summed E-state index contributed by atoms with van der Waals surface area (Å²) in [6, 6.07) is 4.94. The molecule has 1 aliphatic heterocycles. The molecule has 0 radical (unpaired) electrons. The van der Waals surface area contributed by atoms with Gasteiger partial charge < -0.3 is 10.5 Å². The highest BCUT2D eigenvalue weighted by Gasteiger charge is 2.21. The summed E-state index contributed by atoms with van der Waals surface area (Å²) in [6.45, 7) is 1.12. The van der Waals surface area contributed by atoms with Gasteiger partial charge in [0.2, 0.25) is 0 Å². The van der Waals surface area contributed by atoms with Crippen molar-refractivity contribution in [2.24, 2.45) is 0 Å². The number of hydrazine groups is 1. The third-order valence-corrected chi connectivity index (χ3v) is 3.57. The second-order valence-electron chi connectivity index (χ2n) is 4.60. The normalized spacial score (nSPS) is 20.9. The van der Waals surface area contributed by atoms with E-state index in [1.807, 2.05) is 0 Å². The van der Waals surface area contributed by atoms with Gasteiger partial charge in [0, 0.05) is 19.2 Å². The van der Waals surface area contributed by atoms with Crippen molar-refractivity contribution in [3.05, 3.63) is 29.0 Å². The topological polar surface area (TPSA) is 35.5 Å². The number of anilines is 1. The number of nitrogens with one attached hydrogen (secondary N) is 1. The van der Waals surface area contributed by atoms with Gasteiger partial charge in [0.05, 0.1) is 10.7 Å². The standard InChI is InChI=1S/C13H18ClFN2O/c14-12-9-10(4-5-13(12)15)16-17-7-2-1-3-11(17)6-8-18/h4-5,9,11,16,18H,1-3,6-8H2. The van der Waals surface area contributed by atoms with Crippen molar-refractivity contribution in [2.75, 3.05) is 18.6 Å². The molecule has 1 aromatic rings. The fourth-order valence-corrected chi connectivity index (χ4v) is 2.51. The first-order chi connectivity index (χ1) is 8.70. The van der Waals surface area contributed by atoms with Crippen LogP contribution in [0.1, 0.15) is 25.7 Å². The molecule has 0 saturated carbocycles. The van der Waals surface area contributed by atoms with Crippen LogP contribution in [0.2, 0.25) is 5.02 Å². The summed E-state index contributed by atoms with van der Waals surface area (Å²) in [7, 11) is 0. The third-order valence-electron chi connectivity index (χ3n) is 3.28. The lowest BCUT2D eigenvalue weighted by Gasteiger charge is -2.36. The zero-order chi connectivity index (χ0) is 13.0. The molecule has 0 aromatic heterocycles. The van der Waals surface area contributed by atoms with Crippen LogP contribution < -0.4 is 5.43 Å². The van der Waals surface area contributed by atoms with Crippen LogP contribution in [0, 0.1) is 5.82 Å². The molecule has 5 heteroatoms. The van der Waals surface area contributed by atoms with Crippen molar-refractivity contribution in [2.45, 2.75) is 31.7 Å². The van der Waals surface area contributed by atoms with Crippen LogP contribution in [0.3, 0.4) is 0 Å². The molecule has 2 rings (SSSR count). The molecule has 1 unspecified atom stereocenters. The molecule has 0 spiro atoms. The van der Waals surface area contributed by atoms with Gasteiger partial charge in [0.15, 0.2) is 0 Å². The summed E-state index contributed by atoms with van der Waals surface area (Å²) in [5, 5.41) is 11.3.